The topological polar surface area (TPSA) is 98.7 Å². The molecule has 4 aromatic rings. The summed E-state index contributed by atoms with van der Waals surface area (Å²) >= 11 is 0. The highest BCUT2D eigenvalue weighted by atomic mass is 16.1. The Morgan fingerprint density at radius 2 is 1.62 bits per heavy atom. The maximum atomic E-state index is 11.8. The fourth-order valence-corrected chi connectivity index (χ4v) is 3.07. The van der Waals surface area contributed by atoms with E-state index in [0.29, 0.717) is 29.3 Å². The van der Waals surface area contributed by atoms with E-state index in [1.54, 1.807) is 13.1 Å². The van der Waals surface area contributed by atoms with Gasteiger partial charge in [-0.1, -0.05) is 60.7 Å². The molecular formula is C22H20N6O. The molecule has 3 N–H and O–H groups in total. The molecular weight excluding hydrogens is 364 g/mol. The number of rotatable bonds is 5. The maximum absolute atomic E-state index is 11.8. The number of benzene rings is 2. The molecule has 2 aromatic heterocycles. The Morgan fingerprint density at radius 1 is 0.931 bits per heavy atom. The van der Waals surface area contributed by atoms with Gasteiger partial charge in [0.2, 0.25) is 5.95 Å². The fraction of sp³-hybridized carbons (Fsp3) is 0.0909. The van der Waals surface area contributed by atoms with Gasteiger partial charge < -0.3 is 11.1 Å². The van der Waals surface area contributed by atoms with Crippen LogP contribution in [0, 0.1) is 0 Å². The number of hydrogen-bond donors (Lipinski definition) is 2. The summed E-state index contributed by atoms with van der Waals surface area (Å²) in [5, 5.41) is 7.77. The minimum absolute atomic E-state index is 0.160. The molecule has 0 saturated heterocycles. The van der Waals surface area contributed by atoms with E-state index in [1.165, 1.54) is 10.7 Å². The molecule has 0 bridgehead atoms. The second kappa shape index (κ2) is 7.93. The third kappa shape index (κ3) is 3.98. The Balaban J connectivity index is 1.88. The zero-order valence-corrected chi connectivity index (χ0v) is 15.9. The lowest BCUT2D eigenvalue weighted by Crippen LogP contribution is -2.19. The summed E-state index contributed by atoms with van der Waals surface area (Å²) in [6.07, 6.45) is 0. The molecule has 7 heteroatoms. The van der Waals surface area contributed by atoms with Crippen LogP contribution in [-0.4, -0.2) is 19.7 Å². The van der Waals surface area contributed by atoms with Gasteiger partial charge in [-0.3, -0.25) is 4.79 Å². The highest BCUT2D eigenvalue weighted by Gasteiger charge is 2.19. The van der Waals surface area contributed by atoms with Gasteiger partial charge in [-0.15, -0.1) is 0 Å². The second-order valence-corrected chi connectivity index (χ2v) is 6.54. The Hall–Kier alpha value is -4.00. The molecule has 0 atom stereocenters. The zero-order chi connectivity index (χ0) is 20.2. The van der Waals surface area contributed by atoms with Crippen LogP contribution in [0.15, 0.2) is 77.6 Å². The van der Waals surface area contributed by atoms with Gasteiger partial charge in [-0.2, -0.15) is 10.1 Å². The first kappa shape index (κ1) is 18.4. The fourth-order valence-electron chi connectivity index (χ4n) is 3.07. The van der Waals surface area contributed by atoms with Gasteiger partial charge in [0.1, 0.15) is 5.82 Å². The Kier molecular flexibility index (Phi) is 5.03. The quantitative estimate of drug-likeness (QED) is 0.549. The largest absolute Gasteiger partial charge is 0.368 e. The Bertz CT molecular complexity index is 1190. The van der Waals surface area contributed by atoms with Crippen molar-refractivity contribution < 1.29 is 0 Å². The summed E-state index contributed by atoms with van der Waals surface area (Å²) < 4.78 is 1.29. The smallest absolute Gasteiger partial charge is 0.266 e. The highest BCUT2D eigenvalue weighted by molar-refractivity contribution is 5.87. The van der Waals surface area contributed by atoms with Crippen molar-refractivity contribution in [2.24, 2.45) is 7.05 Å². The average Bonchev–Trinajstić information content (AvgIpc) is 2.75. The normalized spacial score (nSPS) is 10.7. The van der Waals surface area contributed by atoms with Crippen molar-refractivity contribution in [3.63, 3.8) is 0 Å². The van der Waals surface area contributed by atoms with Crippen molar-refractivity contribution in [1.29, 1.82) is 0 Å². The standard InChI is InChI=1S/C22H20N6O/c1-28-18(29)13-12-17(27-28)19-20(16-10-6-3-7-11-16)25-22(23)26-21(19)24-14-15-8-4-2-5-9-15/h2-13H,14H2,1H3,(H3,23,24,25,26). The molecule has 0 aliphatic heterocycles. The average molecular weight is 384 g/mol. The van der Waals surface area contributed by atoms with Crippen LogP contribution >= 0.6 is 0 Å². The van der Waals surface area contributed by atoms with Crippen LogP contribution in [0.2, 0.25) is 0 Å². The van der Waals surface area contributed by atoms with E-state index in [4.69, 9.17) is 5.73 Å². The van der Waals surface area contributed by atoms with Gasteiger partial charge in [0.15, 0.2) is 0 Å². The van der Waals surface area contributed by atoms with Crippen LogP contribution in [0.4, 0.5) is 11.8 Å². The van der Waals surface area contributed by atoms with E-state index in [-0.39, 0.29) is 11.5 Å². The molecule has 7 nitrogen and oxygen atoms in total. The summed E-state index contributed by atoms with van der Waals surface area (Å²) in [5.41, 5.74) is 9.75. The molecule has 0 aliphatic carbocycles. The summed E-state index contributed by atoms with van der Waals surface area (Å²) in [4.78, 5) is 20.8. The molecule has 0 unspecified atom stereocenters. The minimum Gasteiger partial charge on any atom is -0.368 e. The van der Waals surface area contributed by atoms with Gasteiger partial charge >= 0.3 is 0 Å². The Morgan fingerprint density at radius 3 is 2.31 bits per heavy atom. The van der Waals surface area contributed by atoms with E-state index >= 15 is 0 Å². The molecule has 0 fully saturated rings. The maximum Gasteiger partial charge on any atom is 0.266 e. The number of hydrogen-bond acceptors (Lipinski definition) is 6. The number of nitrogen functional groups attached to an aromatic ring is 1. The van der Waals surface area contributed by atoms with Gasteiger partial charge in [0.05, 0.1) is 17.0 Å². The predicted molar refractivity (Wildman–Crippen MR) is 114 cm³/mol. The first-order valence-electron chi connectivity index (χ1n) is 9.17. The van der Waals surface area contributed by atoms with Gasteiger partial charge in [0.25, 0.3) is 5.56 Å². The third-order valence-electron chi connectivity index (χ3n) is 4.49. The second-order valence-electron chi connectivity index (χ2n) is 6.54. The van der Waals surface area contributed by atoms with Crippen molar-refractivity contribution >= 4 is 11.8 Å². The Labute approximate surface area is 167 Å². The summed E-state index contributed by atoms with van der Waals surface area (Å²) in [5.74, 6) is 0.722. The molecule has 144 valence electrons. The molecule has 0 saturated carbocycles. The number of aromatic nitrogens is 4. The lowest BCUT2D eigenvalue weighted by molar-refractivity contribution is 0.712. The van der Waals surface area contributed by atoms with Crippen molar-refractivity contribution in [1.82, 2.24) is 19.7 Å². The van der Waals surface area contributed by atoms with E-state index in [1.807, 2.05) is 60.7 Å². The highest BCUT2D eigenvalue weighted by Crippen LogP contribution is 2.35. The predicted octanol–water partition coefficient (Wildman–Crippen LogP) is 3.10. The van der Waals surface area contributed by atoms with Gasteiger partial charge in [-0.05, 0) is 11.6 Å². The first-order chi connectivity index (χ1) is 14.1. The SMILES string of the molecule is Cn1nc(-c2c(NCc3ccccc3)nc(N)nc2-c2ccccc2)ccc1=O. The minimum atomic E-state index is -0.190. The van der Waals surface area contributed by atoms with Crippen LogP contribution in [0.5, 0.6) is 0 Å². The van der Waals surface area contributed by atoms with Crippen molar-refractivity contribution in [2.75, 3.05) is 11.1 Å². The number of aryl methyl sites for hydroxylation is 1. The number of nitrogens with zero attached hydrogens (tertiary/aromatic N) is 4. The molecule has 0 amide bonds. The van der Waals surface area contributed by atoms with Crippen LogP contribution in [0.1, 0.15) is 5.56 Å². The lowest BCUT2D eigenvalue weighted by Gasteiger charge is -2.16. The molecule has 2 heterocycles. The summed E-state index contributed by atoms with van der Waals surface area (Å²) in [6.45, 7) is 0.560. The van der Waals surface area contributed by atoms with Crippen LogP contribution < -0.4 is 16.6 Å². The molecule has 0 radical (unpaired) electrons. The van der Waals surface area contributed by atoms with Crippen molar-refractivity contribution in [2.45, 2.75) is 6.54 Å². The van der Waals surface area contributed by atoms with E-state index in [2.05, 4.69) is 20.4 Å². The molecule has 2 aromatic carbocycles. The summed E-state index contributed by atoms with van der Waals surface area (Å²) in [6, 6.07) is 22.9. The van der Waals surface area contributed by atoms with Crippen LogP contribution in [0.3, 0.4) is 0 Å². The first-order valence-corrected chi connectivity index (χ1v) is 9.17. The number of nitrogens with one attached hydrogen (secondary N) is 1. The third-order valence-corrected chi connectivity index (χ3v) is 4.49. The van der Waals surface area contributed by atoms with E-state index < -0.39 is 0 Å². The van der Waals surface area contributed by atoms with Gasteiger partial charge in [0, 0.05) is 25.2 Å². The summed E-state index contributed by atoms with van der Waals surface area (Å²) in [7, 11) is 1.61. The van der Waals surface area contributed by atoms with Crippen molar-refractivity contribution in [3.8, 4) is 22.5 Å². The number of anilines is 2. The van der Waals surface area contributed by atoms with Gasteiger partial charge in [-0.25, -0.2) is 9.67 Å². The lowest BCUT2D eigenvalue weighted by atomic mass is 10.0. The molecule has 0 aliphatic rings. The monoisotopic (exact) mass is 384 g/mol. The molecule has 0 spiro atoms. The van der Waals surface area contributed by atoms with E-state index in [0.717, 1.165) is 11.1 Å². The molecule has 29 heavy (non-hydrogen) atoms. The van der Waals surface area contributed by atoms with Crippen molar-refractivity contribution in [3.05, 3.63) is 88.7 Å². The zero-order valence-electron chi connectivity index (χ0n) is 15.9. The molecule has 4 rings (SSSR count). The van der Waals surface area contributed by atoms with Crippen LogP contribution in [0.25, 0.3) is 22.5 Å². The van der Waals surface area contributed by atoms with Crippen LogP contribution in [-0.2, 0) is 13.6 Å². The number of nitrogens with two attached hydrogens (primary N) is 1. The van der Waals surface area contributed by atoms with E-state index in [9.17, 15) is 4.79 Å².